The molecule has 1 aliphatic rings. The van der Waals surface area contributed by atoms with Crippen LogP contribution in [0.15, 0.2) is 0 Å². The highest BCUT2D eigenvalue weighted by Crippen LogP contribution is 2.32. The zero-order chi connectivity index (χ0) is 8.55. The standard InChI is InChI=1S/C11H16S/c1-8-9(2)12-11-7-5-3-4-6-10(8)11/h3-7H2,1-2H3. The summed E-state index contributed by atoms with van der Waals surface area (Å²) >= 11 is 2.03. The van der Waals surface area contributed by atoms with Crippen molar-refractivity contribution < 1.29 is 0 Å². The zero-order valence-corrected chi connectivity index (χ0v) is 8.76. The Labute approximate surface area is 78.6 Å². The average Bonchev–Trinajstić information content (AvgIpc) is 2.30. The van der Waals surface area contributed by atoms with Crippen LogP contribution in [0.1, 0.15) is 40.1 Å². The van der Waals surface area contributed by atoms with Crippen LogP contribution < -0.4 is 0 Å². The number of aryl methyl sites for hydroxylation is 2. The van der Waals surface area contributed by atoms with Crippen LogP contribution in [-0.4, -0.2) is 0 Å². The molecule has 0 spiro atoms. The second-order valence-corrected chi connectivity index (χ2v) is 5.05. The van der Waals surface area contributed by atoms with Gasteiger partial charge in [0.15, 0.2) is 0 Å². The van der Waals surface area contributed by atoms with Gasteiger partial charge in [0.1, 0.15) is 0 Å². The molecule has 0 atom stereocenters. The summed E-state index contributed by atoms with van der Waals surface area (Å²) in [6.45, 7) is 4.55. The summed E-state index contributed by atoms with van der Waals surface area (Å²) in [6.07, 6.45) is 6.93. The average molecular weight is 180 g/mol. The summed E-state index contributed by atoms with van der Waals surface area (Å²) in [5.74, 6) is 0. The first kappa shape index (κ1) is 8.31. The minimum Gasteiger partial charge on any atom is -0.145 e. The van der Waals surface area contributed by atoms with Crippen molar-refractivity contribution in [3.63, 3.8) is 0 Å². The van der Waals surface area contributed by atoms with E-state index in [1.165, 1.54) is 32.1 Å². The Hall–Kier alpha value is -0.300. The third kappa shape index (κ3) is 1.31. The molecule has 0 aromatic carbocycles. The molecule has 1 heteroatoms. The summed E-state index contributed by atoms with van der Waals surface area (Å²) in [4.78, 5) is 3.23. The van der Waals surface area contributed by atoms with E-state index in [-0.39, 0.29) is 0 Å². The van der Waals surface area contributed by atoms with E-state index in [0.717, 1.165) is 0 Å². The third-order valence-electron chi connectivity index (χ3n) is 2.92. The molecule has 0 saturated heterocycles. The zero-order valence-electron chi connectivity index (χ0n) is 7.94. The normalized spacial score (nSPS) is 17.2. The van der Waals surface area contributed by atoms with E-state index in [1.807, 2.05) is 11.3 Å². The molecule has 0 radical (unpaired) electrons. The molecule has 12 heavy (non-hydrogen) atoms. The Morgan fingerprint density at radius 3 is 2.58 bits per heavy atom. The molecule has 1 aliphatic carbocycles. The lowest BCUT2D eigenvalue weighted by atomic mass is 10.1. The minimum atomic E-state index is 1.34. The first-order chi connectivity index (χ1) is 5.79. The van der Waals surface area contributed by atoms with Crippen LogP contribution in [0.3, 0.4) is 0 Å². The van der Waals surface area contributed by atoms with Gasteiger partial charge in [-0.05, 0) is 50.7 Å². The second kappa shape index (κ2) is 3.21. The van der Waals surface area contributed by atoms with Gasteiger partial charge in [-0.15, -0.1) is 11.3 Å². The van der Waals surface area contributed by atoms with Crippen molar-refractivity contribution in [1.29, 1.82) is 0 Å². The van der Waals surface area contributed by atoms with Gasteiger partial charge >= 0.3 is 0 Å². The van der Waals surface area contributed by atoms with Crippen molar-refractivity contribution in [1.82, 2.24) is 0 Å². The van der Waals surface area contributed by atoms with Gasteiger partial charge < -0.3 is 0 Å². The van der Waals surface area contributed by atoms with Gasteiger partial charge in [0, 0.05) is 9.75 Å². The van der Waals surface area contributed by atoms with E-state index < -0.39 is 0 Å². The van der Waals surface area contributed by atoms with Crippen molar-refractivity contribution in [3.8, 4) is 0 Å². The predicted octanol–water partition coefficient (Wildman–Crippen LogP) is 3.63. The molecule has 1 heterocycles. The van der Waals surface area contributed by atoms with Gasteiger partial charge in [0.25, 0.3) is 0 Å². The fraction of sp³-hybridized carbons (Fsp3) is 0.636. The summed E-state index contributed by atoms with van der Waals surface area (Å²) in [7, 11) is 0. The van der Waals surface area contributed by atoms with Crippen molar-refractivity contribution in [2.75, 3.05) is 0 Å². The van der Waals surface area contributed by atoms with Crippen molar-refractivity contribution in [2.45, 2.75) is 46.0 Å². The quantitative estimate of drug-likeness (QED) is 0.535. The molecule has 0 N–H and O–H groups in total. The molecule has 0 aliphatic heterocycles. The lowest BCUT2D eigenvalue weighted by Gasteiger charge is -1.98. The Bertz CT molecular complexity index is 283. The van der Waals surface area contributed by atoms with Gasteiger partial charge in [-0.25, -0.2) is 0 Å². The van der Waals surface area contributed by atoms with Crippen molar-refractivity contribution in [2.24, 2.45) is 0 Å². The van der Waals surface area contributed by atoms with E-state index >= 15 is 0 Å². The molecule has 0 amide bonds. The smallest absolute Gasteiger partial charge is 0.00827 e. The molecular weight excluding hydrogens is 164 g/mol. The number of fused-ring (bicyclic) bond motifs is 1. The largest absolute Gasteiger partial charge is 0.145 e. The van der Waals surface area contributed by atoms with Gasteiger partial charge in [-0.3, -0.25) is 0 Å². The number of thiophene rings is 1. The Morgan fingerprint density at radius 1 is 1.00 bits per heavy atom. The van der Waals surface area contributed by atoms with Crippen LogP contribution in [0, 0.1) is 13.8 Å². The molecule has 0 unspecified atom stereocenters. The first-order valence-electron chi connectivity index (χ1n) is 4.87. The highest BCUT2D eigenvalue weighted by molar-refractivity contribution is 7.12. The Kier molecular flexibility index (Phi) is 2.22. The Balaban J connectivity index is 2.42. The second-order valence-electron chi connectivity index (χ2n) is 3.75. The molecule has 0 saturated carbocycles. The van der Waals surface area contributed by atoms with Gasteiger partial charge in [0.2, 0.25) is 0 Å². The van der Waals surface area contributed by atoms with Crippen LogP contribution in [0.5, 0.6) is 0 Å². The molecule has 0 nitrogen and oxygen atoms in total. The fourth-order valence-electron chi connectivity index (χ4n) is 2.04. The van der Waals surface area contributed by atoms with Crippen LogP contribution in [-0.2, 0) is 12.8 Å². The molecular formula is C11H16S. The number of hydrogen-bond donors (Lipinski definition) is 0. The minimum absolute atomic E-state index is 1.34. The predicted molar refractivity (Wildman–Crippen MR) is 55.1 cm³/mol. The lowest BCUT2D eigenvalue weighted by Crippen LogP contribution is -1.86. The molecule has 0 bridgehead atoms. The highest BCUT2D eigenvalue weighted by atomic mass is 32.1. The summed E-state index contributed by atoms with van der Waals surface area (Å²) in [6, 6.07) is 0. The van der Waals surface area contributed by atoms with E-state index in [1.54, 1.807) is 20.9 Å². The molecule has 1 aromatic heterocycles. The SMILES string of the molecule is Cc1sc2c(c1C)CCCCC2. The molecule has 1 aromatic rings. The maximum atomic E-state index is 2.29. The lowest BCUT2D eigenvalue weighted by molar-refractivity contribution is 0.712. The van der Waals surface area contributed by atoms with Crippen LogP contribution in [0.2, 0.25) is 0 Å². The Morgan fingerprint density at radius 2 is 1.75 bits per heavy atom. The third-order valence-corrected chi connectivity index (χ3v) is 4.23. The van der Waals surface area contributed by atoms with Crippen LogP contribution in [0.4, 0.5) is 0 Å². The van der Waals surface area contributed by atoms with E-state index in [4.69, 9.17) is 0 Å². The van der Waals surface area contributed by atoms with Crippen LogP contribution >= 0.6 is 11.3 Å². The highest BCUT2D eigenvalue weighted by Gasteiger charge is 2.14. The van der Waals surface area contributed by atoms with E-state index in [2.05, 4.69) is 13.8 Å². The number of rotatable bonds is 0. The van der Waals surface area contributed by atoms with E-state index in [9.17, 15) is 0 Å². The summed E-state index contributed by atoms with van der Waals surface area (Å²) < 4.78 is 0. The monoisotopic (exact) mass is 180 g/mol. The topological polar surface area (TPSA) is 0 Å². The van der Waals surface area contributed by atoms with Crippen molar-refractivity contribution >= 4 is 11.3 Å². The van der Waals surface area contributed by atoms with Crippen LogP contribution in [0.25, 0.3) is 0 Å². The van der Waals surface area contributed by atoms with Crippen molar-refractivity contribution in [3.05, 3.63) is 20.9 Å². The van der Waals surface area contributed by atoms with Gasteiger partial charge in [0.05, 0.1) is 0 Å². The molecule has 0 fully saturated rings. The maximum absolute atomic E-state index is 2.29. The molecule has 2 rings (SSSR count). The van der Waals surface area contributed by atoms with Gasteiger partial charge in [-0.2, -0.15) is 0 Å². The van der Waals surface area contributed by atoms with E-state index in [0.29, 0.717) is 0 Å². The summed E-state index contributed by atoms with van der Waals surface area (Å²) in [5.41, 5.74) is 3.27. The number of hydrogen-bond acceptors (Lipinski definition) is 1. The van der Waals surface area contributed by atoms with Gasteiger partial charge in [-0.1, -0.05) is 6.42 Å². The summed E-state index contributed by atoms with van der Waals surface area (Å²) in [5, 5.41) is 0. The maximum Gasteiger partial charge on any atom is 0.00827 e. The first-order valence-corrected chi connectivity index (χ1v) is 5.68. The molecule has 66 valence electrons. The fourth-order valence-corrected chi connectivity index (χ4v) is 3.31.